The van der Waals surface area contributed by atoms with Crippen LogP contribution in [0.5, 0.6) is 5.75 Å². The second-order valence-electron chi connectivity index (χ2n) is 6.00. The Balaban J connectivity index is 1.87. The number of piperidine rings is 1. The molecule has 0 bridgehead atoms. The fourth-order valence-electron chi connectivity index (χ4n) is 2.80. The number of amides is 2. The molecule has 1 aliphatic rings. The minimum Gasteiger partial charge on any atom is -0.493 e. The Kier molecular flexibility index (Phi) is 5.78. The second kappa shape index (κ2) is 7.81. The average molecular weight is 334 g/mol. The summed E-state index contributed by atoms with van der Waals surface area (Å²) in [5, 5.41) is 9.12. The van der Waals surface area contributed by atoms with Gasteiger partial charge in [-0.3, -0.25) is 14.4 Å². The summed E-state index contributed by atoms with van der Waals surface area (Å²) < 4.78 is 5.50. The molecule has 1 heterocycles. The third-order valence-electron chi connectivity index (χ3n) is 4.25. The number of aliphatic carboxylic acids is 1. The summed E-state index contributed by atoms with van der Waals surface area (Å²) in [6, 6.07) is 6.48. The van der Waals surface area contributed by atoms with Gasteiger partial charge in [0.15, 0.2) is 0 Å². The van der Waals surface area contributed by atoms with Crippen molar-refractivity contribution in [2.45, 2.75) is 32.2 Å². The zero-order valence-corrected chi connectivity index (χ0v) is 13.6. The van der Waals surface area contributed by atoms with E-state index in [0.717, 1.165) is 0 Å². The number of nitrogens with zero attached hydrogens (tertiary/aromatic N) is 1. The van der Waals surface area contributed by atoms with Crippen LogP contribution in [0.1, 0.15) is 36.5 Å². The number of hydrogen-bond acceptors (Lipinski definition) is 4. The number of benzene rings is 1. The molecule has 7 nitrogen and oxygen atoms in total. The zero-order valence-electron chi connectivity index (χ0n) is 13.6. The maximum atomic E-state index is 12.3. The quantitative estimate of drug-likeness (QED) is 0.814. The van der Waals surface area contributed by atoms with Gasteiger partial charge in [-0.05, 0) is 38.0 Å². The van der Waals surface area contributed by atoms with Crippen molar-refractivity contribution in [1.82, 2.24) is 4.90 Å². The van der Waals surface area contributed by atoms with Crippen molar-refractivity contribution in [2.75, 3.05) is 13.2 Å². The Morgan fingerprint density at radius 3 is 2.75 bits per heavy atom. The predicted molar refractivity (Wildman–Crippen MR) is 86.6 cm³/mol. The molecular weight excluding hydrogens is 312 g/mol. The highest BCUT2D eigenvalue weighted by Crippen LogP contribution is 2.23. The third kappa shape index (κ3) is 4.47. The first kappa shape index (κ1) is 17.8. The number of likely N-dealkylation sites (tertiary alicyclic amines) is 1. The van der Waals surface area contributed by atoms with Gasteiger partial charge in [0.05, 0.1) is 18.9 Å². The van der Waals surface area contributed by atoms with Crippen molar-refractivity contribution in [2.24, 2.45) is 11.7 Å². The van der Waals surface area contributed by atoms with Gasteiger partial charge in [0.2, 0.25) is 11.8 Å². The van der Waals surface area contributed by atoms with Gasteiger partial charge in [0, 0.05) is 18.2 Å². The number of carboxylic acid groups (broad SMARTS) is 1. The topological polar surface area (TPSA) is 110 Å². The number of primary amides is 1. The van der Waals surface area contributed by atoms with Gasteiger partial charge in [0.1, 0.15) is 5.75 Å². The van der Waals surface area contributed by atoms with E-state index in [0.29, 0.717) is 24.2 Å². The molecule has 1 fully saturated rings. The lowest BCUT2D eigenvalue weighted by Gasteiger charge is -2.36. The smallest absolute Gasteiger partial charge is 0.308 e. The SMILES string of the molecule is CC1CCC(C(=O)O)CN1C(=O)CCOc1cccc(C(N)=O)c1. The minimum absolute atomic E-state index is 0.0336. The lowest BCUT2D eigenvalue weighted by atomic mass is 9.93. The van der Waals surface area contributed by atoms with E-state index in [1.807, 2.05) is 6.92 Å². The summed E-state index contributed by atoms with van der Waals surface area (Å²) in [7, 11) is 0. The van der Waals surface area contributed by atoms with E-state index < -0.39 is 17.8 Å². The molecule has 1 aromatic carbocycles. The van der Waals surface area contributed by atoms with Gasteiger partial charge < -0.3 is 20.5 Å². The summed E-state index contributed by atoms with van der Waals surface area (Å²) in [6.07, 6.45) is 1.43. The molecule has 1 aliphatic heterocycles. The van der Waals surface area contributed by atoms with Crippen LogP contribution in [0.15, 0.2) is 24.3 Å². The van der Waals surface area contributed by atoms with Crippen LogP contribution in [0, 0.1) is 5.92 Å². The van der Waals surface area contributed by atoms with Crippen LogP contribution in [-0.4, -0.2) is 47.0 Å². The van der Waals surface area contributed by atoms with E-state index in [2.05, 4.69) is 0 Å². The first-order valence-electron chi connectivity index (χ1n) is 7.93. The number of carboxylic acids is 1. The van der Waals surface area contributed by atoms with E-state index in [1.165, 1.54) is 6.07 Å². The minimum atomic E-state index is -0.862. The number of carbonyl (C=O) groups is 3. The highest BCUT2D eigenvalue weighted by atomic mass is 16.5. The molecule has 0 spiro atoms. The highest BCUT2D eigenvalue weighted by Gasteiger charge is 2.32. The molecule has 0 aromatic heterocycles. The lowest BCUT2D eigenvalue weighted by molar-refractivity contribution is -0.147. The zero-order chi connectivity index (χ0) is 17.7. The maximum absolute atomic E-state index is 12.3. The van der Waals surface area contributed by atoms with Gasteiger partial charge in [-0.2, -0.15) is 0 Å². The van der Waals surface area contributed by atoms with Gasteiger partial charge in [-0.1, -0.05) is 6.07 Å². The monoisotopic (exact) mass is 334 g/mol. The van der Waals surface area contributed by atoms with E-state index in [-0.39, 0.29) is 31.5 Å². The summed E-state index contributed by atoms with van der Waals surface area (Å²) >= 11 is 0. The summed E-state index contributed by atoms with van der Waals surface area (Å²) in [5.41, 5.74) is 5.55. The molecule has 2 amide bonds. The van der Waals surface area contributed by atoms with Crippen LogP contribution in [0.3, 0.4) is 0 Å². The number of ether oxygens (including phenoxy) is 1. The first-order chi connectivity index (χ1) is 11.4. The number of rotatable bonds is 6. The lowest BCUT2D eigenvalue weighted by Crippen LogP contribution is -2.47. The van der Waals surface area contributed by atoms with Crippen LogP contribution in [-0.2, 0) is 9.59 Å². The van der Waals surface area contributed by atoms with Crippen LogP contribution < -0.4 is 10.5 Å². The molecule has 0 saturated carbocycles. The van der Waals surface area contributed by atoms with Crippen molar-refractivity contribution in [1.29, 1.82) is 0 Å². The first-order valence-corrected chi connectivity index (χ1v) is 7.93. The number of hydrogen-bond donors (Lipinski definition) is 2. The van der Waals surface area contributed by atoms with Gasteiger partial charge in [-0.15, -0.1) is 0 Å². The van der Waals surface area contributed by atoms with Crippen molar-refractivity contribution in [3.05, 3.63) is 29.8 Å². The molecule has 3 N–H and O–H groups in total. The van der Waals surface area contributed by atoms with Crippen LogP contribution in [0.25, 0.3) is 0 Å². The Morgan fingerprint density at radius 2 is 2.08 bits per heavy atom. The van der Waals surface area contributed by atoms with Crippen LogP contribution in [0.2, 0.25) is 0 Å². The number of carbonyl (C=O) groups excluding carboxylic acids is 2. The normalized spacial score (nSPS) is 20.5. The average Bonchev–Trinajstić information content (AvgIpc) is 2.55. The van der Waals surface area contributed by atoms with E-state index >= 15 is 0 Å². The van der Waals surface area contributed by atoms with Gasteiger partial charge in [0.25, 0.3) is 0 Å². The molecule has 1 saturated heterocycles. The molecule has 1 aromatic rings. The molecular formula is C17H22N2O5. The van der Waals surface area contributed by atoms with Gasteiger partial charge >= 0.3 is 5.97 Å². The molecule has 0 radical (unpaired) electrons. The molecule has 130 valence electrons. The van der Waals surface area contributed by atoms with Crippen LogP contribution in [0.4, 0.5) is 0 Å². The Labute approximate surface area is 140 Å². The van der Waals surface area contributed by atoms with Crippen molar-refractivity contribution in [3.8, 4) is 5.75 Å². The van der Waals surface area contributed by atoms with Crippen molar-refractivity contribution >= 4 is 17.8 Å². The molecule has 7 heteroatoms. The molecule has 24 heavy (non-hydrogen) atoms. The second-order valence-corrected chi connectivity index (χ2v) is 6.00. The largest absolute Gasteiger partial charge is 0.493 e. The van der Waals surface area contributed by atoms with E-state index in [9.17, 15) is 14.4 Å². The van der Waals surface area contributed by atoms with Crippen molar-refractivity contribution < 1.29 is 24.2 Å². The van der Waals surface area contributed by atoms with Crippen molar-refractivity contribution in [3.63, 3.8) is 0 Å². The fraction of sp³-hybridized carbons (Fsp3) is 0.471. The summed E-state index contributed by atoms with van der Waals surface area (Å²) in [6.45, 7) is 2.32. The fourth-order valence-corrected chi connectivity index (χ4v) is 2.80. The highest BCUT2D eigenvalue weighted by molar-refractivity contribution is 5.93. The molecule has 2 atom stereocenters. The standard InChI is InChI=1S/C17H22N2O5/c1-11-5-6-13(17(22)23)10-19(11)15(20)7-8-24-14-4-2-3-12(9-14)16(18)21/h2-4,9,11,13H,5-8,10H2,1H3,(H2,18,21)(H,22,23). The molecule has 0 aliphatic carbocycles. The van der Waals surface area contributed by atoms with E-state index in [1.54, 1.807) is 23.1 Å². The Bertz CT molecular complexity index is 631. The van der Waals surface area contributed by atoms with E-state index in [4.69, 9.17) is 15.6 Å². The van der Waals surface area contributed by atoms with Crippen LogP contribution >= 0.6 is 0 Å². The summed E-state index contributed by atoms with van der Waals surface area (Å²) in [4.78, 5) is 36.2. The summed E-state index contributed by atoms with van der Waals surface area (Å²) in [5.74, 6) is -1.57. The van der Waals surface area contributed by atoms with Gasteiger partial charge in [-0.25, -0.2) is 0 Å². The molecule has 2 unspecified atom stereocenters. The Hall–Kier alpha value is -2.57. The third-order valence-corrected chi connectivity index (χ3v) is 4.25. The number of nitrogens with two attached hydrogens (primary N) is 1. The Morgan fingerprint density at radius 1 is 1.33 bits per heavy atom. The predicted octanol–water partition coefficient (Wildman–Crippen LogP) is 1.27. The molecule has 2 rings (SSSR count). The maximum Gasteiger partial charge on any atom is 0.308 e.